The van der Waals surface area contributed by atoms with Crippen molar-refractivity contribution in [1.82, 2.24) is 0 Å². The van der Waals surface area contributed by atoms with Crippen LogP contribution in [0.25, 0.3) is 0 Å². The molecule has 0 aliphatic carbocycles. The number of ether oxygens (including phenoxy) is 1. The molecule has 0 radical (unpaired) electrons. The maximum atomic E-state index is 6.10. The van der Waals surface area contributed by atoms with E-state index in [1.807, 2.05) is 0 Å². The molecule has 2 heteroatoms. The maximum Gasteiger partial charge on any atom is 0.122 e. The van der Waals surface area contributed by atoms with E-state index in [2.05, 4.69) is 76.3 Å². The fourth-order valence-electron chi connectivity index (χ4n) is 2.61. The third-order valence-electron chi connectivity index (χ3n) is 3.98. The van der Waals surface area contributed by atoms with E-state index in [0.29, 0.717) is 0 Å². The zero-order valence-corrected chi connectivity index (χ0v) is 14.4. The molecule has 0 amide bonds. The molecule has 0 aliphatic heterocycles. The molecule has 2 aromatic rings. The van der Waals surface area contributed by atoms with Gasteiger partial charge in [0, 0.05) is 5.69 Å². The van der Waals surface area contributed by atoms with E-state index in [1.54, 1.807) is 0 Å². The lowest BCUT2D eigenvalue weighted by atomic mass is 10.1. The monoisotopic (exact) mass is 297 g/mol. The standard InChI is InChI=1S/C20H27NO/c1-6-18-9-7-8-16(4)20(18)21-13-17(5)22-19-12-14(2)10-11-15(19)3/h7-12,17,21H,6,13H2,1-5H3. The third kappa shape index (κ3) is 4.03. The van der Waals surface area contributed by atoms with E-state index in [0.717, 1.165) is 18.7 Å². The molecule has 1 atom stereocenters. The molecule has 0 saturated carbocycles. The first-order valence-corrected chi connectivity index (χ1v) is 8.07. The van der Waals surface area contributed by atoms with Crippen molar-refractivity contribution in [3.05, 3.63) is 58.7 Å². The van der Waals surface area contributed by atoms with Crippen molar-refractivity contribution in [1.29, 1.82) is 0 Å². The second-order valence-electron chi connectivity index (χ2n) is 6.04. The molecule has 22 heavy (non-hydrogen) atoms. The fourth-order valence-corrected chi connectivity index (χ4v) is 2.61. The highest BCUT2D eigenvalue weighted by atomic mass is 16.5. The predicted octanol–water partition coefficient (Wildman–Crippen LogP) is 5.05. The lowest BCUT2D eigenvalue weighted by Crippen LogP contribution is -2.23. The Hall–Kier alpha value is -1.96. The number of anilines is 1. The summed E-state index contributed by atoms with van der Waals surface area (Å²) in [4.78, 5) is 0. The Bertz CT molecular complexity index is 634. The van der Waals surface area contributed by atoms with Crippen LogP contribution in [0.5, 0.6) is 5.75 Å². The van der Waals surface area contributed by atoms with Crippen LogP contribution in [0.4, 0.5) is 5.69 Å². The Morgan fingerprint density at radius 1 is 1.05 bits per heavy atom. The summed E-state index contributed by atoms with van der Waals surface area (Å²) in [6.07, 6.45) is 1.15. The SMILES string of the molecule is CCc1cccc(C)c1NCC(C)Oc1cc(C)ccc1C. The van der Waals surface area contributed by atoms with Crippen LogP contribution in [0, 0.1) is 20.8 Å². The van der Waals surface area contributed by atoms with Gasteiger partial charge in [0.25, 0.3) is 0 Å². The quantitative estimate of drug-likeness (QED) is 0.805. The fraction of sp³-hybridized carbons (Fsp3) is 0.400. The van der Waals surface area contributed by atoms with Gasteiger partial charge in [-0.3, -0.25) is 0 Å². The van der Waals surface area contributed by atoms with E-state index in [4.69, 9.17) is 4.74 Å². The van der Waals surface area contributed by atoms with Crippen LogP contribution < -0.4 is 10.1 Å². The Balaban J connectivity index is 2.01. The van der Waals surface area contributed by atoms with Crippen LogP contribution in [0.2, 0.25) is 0 Å². The smallest absolute Gasteiger partial charge is 0.122 e. The second kappa shape index (κ2) is 7.35. The Labute approximate surface area is 134 Å². The van der Waals surface area contributed by atoms with Gasteiger partial charge in [-0.25, -0.2) is 0 Å². The van der Waals surface area contributed by atoms with Crippen LogP contribution >= 0.6 is 0 Å². The average Bonchev–Trinajstić information content (AvgIpc) is 2.49. The minimum absolute atomic E-state index is 0.116. The molecule has 2 aromatic carbocycles. The minimum Gasteiger partial charge on any atom is -0.489 e. The summed E-state index contributed by atoms with van der Waals surface area (Å²) in [5.74, 6) is 0.981. The molecule has 0 saturated heterocycles. The number of rotatable bonds is 6. The topological polar surface area (TPSA) is 21.3 Å². The molecule has 0 bridgehead atoms. The molecule has 0 heterocycles. The molecule has 0 aliphatic rings. The van der Waals surface area contributed by atoms with Gasteiger partial charge in [0.2, 0.25) is 0 Å². The Kier molecular flexibility index (Phi) is 5.48. The first-order valence-electron chi connectivity index (χ1n) is 8.07. The number of nitrogens with one attached hydrogen (secondary N) is 1. The van der Waals surface area contributed by atoms with Gasteiger partial charge in [0.05, 0.1) is 6.54 Å². The molecule has 1 N–H and O–H groups in total. The summed E-state index contributed by atoms with van der Waals surface area (Å²) in [6, 6.07) is 12.8. The van der Waals surface area contributed by atoms with Crippen LogP contribution in [-0.4, -0.2) is 12.6 Å². The number of hydrogen-bond donors (Lipinski definition) is 1. The molecular formula is C20H27NO. The Morgan fingerprint density at radius 3 is 2.55 bits per heavy atom. The van der Waals surface area contributed by atoms with Gasteiger partial charge in [-0.15, -0.1) is 0 Å². The van der Waals surface area contributed by atoms with E-state index in [9.17, 15) is 0 Å². The molecule has 0 spiro atoms. The van der Waals surface area contributed by atoms with Crippen molar-refractivity contribution in [2.75, 3.05) is 11.9 Å². The molecule has 2 nitrogen and oxygen atoms in total. The number of hydrogen-bond acceptors (Lipinski definition) is 2. The normalized spacial score (nSPS) is 12.0. The van der Waals surface area contributed by atoms with E-state index in [-0.39, 0.29) is 6.10 Å². The molecule has 2 rings (SSSR count). The van der Waals surface area contributed by atoms with Crippen molar-refractivity contribution in [3.8, 4) is 5.75 Å². The summed E-state index contributed by atoms with van der Waals surface area (Å²) in [7, 11) is 0. The van der Waals surface area contributed by atoms with Crippen LogP contribution in [0.3, 0.4) is 0 Å². The van der Waals surface area contributed by atoms with Gasteiger partial charge >= 0.3 is 0 Å². The van der Waals surface area contributed by atoms with Crippen molar-refractivity contribution in [2.24, 2.45) is 0 Å². The summed E-state index contributed by atoms with van der Waals surface area (Å²) in [5, 5.41) is 3.56. The van der Waals surface area contributed by atoms with Gasteiger partial charge in [0.1, 0.15) is 11.9 Å². The van der Waals surface area contributed by atoms with Crippen molar-refractivity contribution < 1.29 is 4.74 Å². The van der Waals surface area contributed by atoms with Crippen molar-refractivity contribution in [2.45, 2.75) is 47.1 Å². The first-order chi connectivity index (χ1) is 10.5. The zero-order valence-electron chi connectivity index (χ0n) is 14.4. The lowest BCUT2D eigenvalue weighted by Gasteiger charge is -2.20. The number of aryl methyl sites for hydroxylation is 4. The summed E-state index contributed by atoms with van der Waals surface area (Å²) in [5.41, 5.74) is 6.31. The molecule has 0 fully saturated rings. The van der Waals surface area contributed by atoms with E-state index >= 15 is 0 Å². The zero-order chi connectivity index (χ0) is 16.1. The maximum absolute atomic E-state index is 6.10. The summed E-state index contributed by atoms with van der Waals surface area (Å²) < 4.78 is 6.10. The highest BCUT2D eigenvalue weighted by Crippen LogP contribution is 2.23. The van der Waals surface area contributed by atoms with E-state index < -0.39 is 0 Å². The van der Waals surface area contributed by atoms with E-state index in [1.165, 1.54) is 27.9 Å². The van der Waals surface area contributed by atoms with Gasteiger partial charge in [0.15, 0.2) is 0 Å². The molecular weight excluding hydrogens is 270 g/mol. The molecule has 118 valence electrons. The number of benzene rings is 2. The van der Waals surface area contributed by atoms with Crippen LogP contribution in [-0.2, 0) is 6.42 Å². The number of para-hydroxylation sites is 1. The third-order valence-corrected chi connectivity index (χ3v) is 3.98. The van der Waals surface area contributed by atoms with Crippen molar-refractivity contribution >= 4 is 5.69 Å². The highest BCUT2D eigenvalue weighted by Gasteiger charge is 2.09. The van der Waals surface area contributed by atoms with Gasteiger partial charge in [-0.1, -0.05) is 37.3 Å². The van der Waals surface area contributed by atoms with Crippen LogP contribution in [0.15, 0.2) is 36.4 Å². The summed E-state index contributed by atoms with van der Waals surface area (Å²) >= 11 is 0. The second-order valence-corrected chi connectivity index (χ2v) is 6.04. The van der Waals surface area contributed by atoms with Crippen LogP contribution in [0.1, 0.15) is 36.1 Å². The van der Waals surface area contributed by atoms with Gasteiger partial charge in [-0.05, 0) is 62.4 Å². The first kappa shape index (κ1) is 16.4. The largest absolute Gasteiger partial charge is 0.489 e. The lowest BCUT2D eigenvalue weighted by molar-refractivity contribution is 0.233. The summed E-state index contributed by atoms with van der Waals surface area (Å²) in [6.45, 7) is 11.4. The molecule has 0 aromatic heterocycles. The highest BCUT2D eigenvalue weighted by molar-refractivity contribution is 5.57. The van der Waals surface area contributed by atoms with Gasteiger partial charge < -0.3 is 10.1 Å². The van der Waals surface area contributed by atoms with Crippen molar-refractivity contribution in [3.63, 3.8) is 0 Å². The predicted molar refractivity (Wildman–Crippen MR) is 95.1 cm³/mol. The van der Waals surface area contributed by atoms with Gasteiger partial charge in [-0.2, -0.15) is 0 Å². The Morgan fingerprint density at radius 2 is 1.82 bits per heavy atom. The minimum atomic E-state index is 0.116. The molecule has 1 unspecified atom stereocenters. The average molecular weight is 297 g/mol.